The molecule has 0 spiro atoms. The molecule has 1 aliphatic rings. The van der Waals surface area contributed by atoms with Crippen molar-refractivity contribution < 1.29 is 13.9 Å². The molecule has 1 fully saturated rings. The molecule has 152 valence electrons. The molecule has 8 heteroatoms. The fourth-order valence-corrected chi connectivity index (χ4v) is 4.67. The van der Waals surface area contributed by atoms with Gasteiger partial charge in [-0.2, -0.15) is 0 Å². The predicted molar refractivity (Wildman–Crippen MR) is 117 cm³/mol. The van der Waals surface area contributed by atoms with Crippen molar-refractivity contribution >= 4 is 44.4 Å². The van der Waals surface area contributed by atoms with E-state index in [-0.39, 0.29) is 11.7 Å². The van der Waals surface area contributed by atoms with E-state index < -0.39 is 0 Å². The van der Waals surface area contributed by atoms with Gasteiger partial charge in [0.05, 0.1) is 17.9 Å². The maximum Gasteiger partial charge on any atom is 0.260 e. The highest BCUT2D eigenvalue weighted by molar-refractivity contribution is 7.98. The van der Waals surface area contributed by atoms with E-state index in [2.05, 4.69) is 9.88 Å². The normalized spacial score (nSPS) is 15.0. The molecule has 29 heavy (non-hydrogen) atoms. The minimum Gasteiger partial charge on any atom is -0.379 e. The van der Waals surface area contributed by atoms with E-state index >= 15 is 0 Å². The fourth-order valence-electron chi connectivity index (χ4n) is 3.26. The zero-order chi connectivity index (χ0) is 20.2. The maximum absolute atomic E-state index is 14.2. The van der Waals surface area contributed by atoms with Gasteiger partial charge in [-0.05, 0) is 42.7 Å². The first kappa shape index (κ1) is 20.3. The molecule has 1 aliphatic heterocycles. The van der Waals surface area contributed by atoms with Crippen molar-refractivity contribution in [2.75, 3.05) is 50.5 Å². The van der Waals surface area contributed by atoms with E-state index in [1.54, 1.807) is 22.7 Å². The third-order valence-corrected chi connectivity index (χ3v) is 6.70. The van der Waals surface area contributed by atoms with Crippen LogP contribution in [0.4, 0.5) is 9.52 Å². The molecule has 1 amide bonds. The largest absolute Gasteiger partial charge is 0.379 e. The van der Waals surface area contributed by atoms with Gasteiger partial charge >= 0.3 is 0 Å². The number of ether oxygens (including phenoxy) is 1. The summed E-state index contributed by atoms with van der Waals surface area (Å²) in [5.41, 5.74) is 0.916. The third kappa shape index (κ3) is 4.61. The molecule has 0 saturated carbocycles. The van der Waals surface area contributed by atoms with Gasteiger partial charge in [0.1, 0.15) is 11.3 Å². The Kier molecular flexibility index (Phi) is 6.44. The van der Waals surface area contributed by atoms with Crippen LogP contribution in [0.3, 0.4) is 0 Å². The standard InChI is InChI=1S/C21H22FN3O2S2/c1-28-16-7-5-15(6-8-16)20(26)25(10-9-24-11-13-27-14-12-24)21-23-19-17(22)3-2-4-18(19)29-21/h2-8H,9-14H2,1H3. The van der Waals surface area contributed by atoms with Crippen molar-refractivity contribution in [1.82, 2.24) is 9.88 Å². The summed E-state index contributed by atoms with van der Waals surface area (Å²) in [6.45, 7) is 4.31. The van der Waals surface area contributed by atoms with E-state index in [4.69, 9.17) is 4.74 Å². The number of para-hydroxylation sites is 1. The Morgan fingerprint density at radius 3 is 2.69 bits per heavy atom. The number of fused-ring (bicyclic) bond motifs is 1. The monoisotopic (exact) mass is 431 g/mol. The molecule has 3 aromatic rings. The second-order valence-electron chi connectivity index (χ2n) is 6.72. The lowest BCUT2D eigenvalue weighted by Gasteiger charge is -2.29. The fraction of sp³-hybridized carbons (Fsp3) is 0.333. The first-order valence-corrected chi connectivity index (χ1v) is 11.5. The zero-order valence-corrected chi connectivity index (χ0v) is 17.8. The number of hydrogen-bond acceptors (Lipinski definition) is 6. The van der Waals surface area contributed by atoms with Crippen molar-refractivity contribution in [3.05, 3.63) is 53.8 Å². The lowest BCUT2D eigenvalue weighted by atomic mass is 10.2. The first-order chi connectivity index (χ1) is 14.2. The molecule has 2 heterocycles. The van der Waals surface area contributed by atoms with Crippen LogP contribution in [0, 0.1) is 5.82 Å². The van der Waals surface area contributed by atoms with Gasteiger partial charge in [0.2, 0.25) is 0 Å². The number of benzene rings is 2. The Bertz CT molecular complexity index is 987. The molecular formula is C21H22FN3O2S2. The third-order valence-electron chi connectivity index (χ3n) is 4.92. The van der Waals surface area contributed by atoms with E-state index in [1.165, 1.54) is 17.4 Å². The van der Waals surface area contributed by atoms with E-state index in [1.807, 2.05) is 36.6 Å². The number of halogens is 1. The molecule has 2 aromatic carbocycles. The number of amides is 1. The topological polar surface area (TPSA) is 45.7 Å². The highest BCUT2D eigenvalue weighted by Crippen LogP contribution is 2.31. The second kappa shape index (κ2) is 9.21. The average molecular weight is 432 g/mol. The summed E-state index contributed by atoms with van der Waals surface area (Å²) in [6, 6.07) is 12.4. The molecule has 0 N–H and O–H groups in total. The number of thioether (sulfide) groups is 1. The Balaban J connectivity index is 1.63. The summed E-state index contributed by atoms with van der Waals surface area (Å²) < 4.78 is 20.3. The summed E-state index contributed by atoms with van der Waals surface area (Å²) in [7, 11) is 0. The molecule has 4 rings (SSSR count). The minimum absolute atomic E-state index is 0.120. The molecule has 0 unspecified atom stereocenters. The number of thiazole rings is 1. The molecule has 0 radical (unpaired) electrons. The van der Waals surface area contributed by atoms with Gasteiger partial charge in [-0.15, -0.1) is 11.8 Å². The number of carbonyl (C=O) groups excluding carboxylic acids is 1. The number of anilines is 1. The number of morpholine rings is 1. The van der Waals surface area contributed by atoms with Crippen LogP contribution in [0.15, 0.2) is 47.4 Å². The summed E-state index contributed by atoms with van der Waals surface area (Å²) in [5, 5.41) is 0.525. The molecular weight excluding hydrogens is 409 g/mol. The highest BCUT2D eigenvalue weighted by Gasteiger charge is 2.23. The Morgan fingerprint density at radius 1 is 1.24 bits per heavy atom. The van der Waals surface area contributed by atoms with Gasteiger partial charge in [-0.25, -0.2) is 9.37 Å². The van der Waals surface area contributed by atoms with Crippen molar-refractivity contribution in [3.8, 4) is 0 Å². The van der Waals surface area contributed by atoms with E-state index in [0.717, 1.165) is 29.2 Å². The zero-order valence-electron chi connectivity index (χ0n) is 16.1. The van der Waals surface area contributed by atoms with Crippen LogP contribution in [-0.2, 0) is 4.74 Å². The molecule has 0 atom stereocenters. The molecule has 0 bridgehead atoms. The van der Waals surface area contributed by atoms with Crippen LogP contribution >= 0.6 is 23.1 Å². The second-order valence-corrected chi connectivity index (χ2v) is 8.61. The summed E-state index contributed by atoms with van der Waals surface area (Å²) in [5.74, 6) is -0.486. The lowest BCUT2D eigenvalue weighted by Crippen LogP contribution is -2.43. The molecule has 0 aliphatic carbocycles. The number of carbonyl (C=O) groups is 1. The van der Waals surface area contributed by atoms with Crippen LogP contribution in [0.25, 0.3) is 10.2 Å². The van der Waals surface area contributed by atoms with Gasteiger partial charge in [0.15, 0.2) is 5.13 Å². The highest BCUT2D eigenvalue weighted by atomic mass is 32.2. The first-order valence-electron chi connectivity index (χ1n) is 9.47. The SMILES string of the molecule is CSc1ccc(C(=O)N(CCN2CCOCC2)c2nc3c(F)cccc3s2)cc1. The number of aromatic nitrogens is 1. The van der Waals surface area contributed by atoms with Crippen molar-refractivity contribution in [2.24, 2.45) is 0 Å². The average Bonchev–Trinajstić information content (AvgIpc) is 3.20. The number of hydrogen-bond donors (Lipinski definition) is 0. The molecule has 1 saturated heterocycles. The maximum atomic E-state index is 14.2. The smallest absolute Gasteiger partial charge is 0.260 e. The van der Waals surface area contributed by atoms with Gasteiger partial charge < -0.3 is 4.74 Å². The number of nitrogens with zero attached hydrogens (tertiary/aromatic N) is 3. The summed E-state index contributed by atoms with van der Waals surface area (Å²) in [6.07, 6.45) is 2.00. The van der Waals surface area contributed by atoms with Gasteiger partial charge in [0, 0.05) is 36.6 Å². The predicted octanol–water partition coefficient (Wildman–Crippen LogP) is 4.14. The lowest BCUT2D eigenvalue weighted by molar-refractivity contribution is 0.0391. The van der Waals surface area contributed by atoms with Crippen LogP contribution in [0.2, 0.25) is 0 Å². The van der Waals surface area contributed by atoms with Crippen LogP contribution < -0.4 is 4.90 Å². The molecule has 1 aromatic heterocycles. The van der Waals surface area contributed by atoms with Gasteiger partial charge in [0.25, 0.3) is 5.91 Å². The minimum atomic E-state index is -0.366. The summed E-state index contributed by atoms with van der Waals surface area (Å²) >= 11 is 2.98. The van der Waals surface area contributed by atoms with Crippen LogP contribution in [0.1, 0.15) is 10.4 Å². The van der Waals surface area contributed by atoms with E-state index in [9.17, 15) is 9.18 Å². The Morgan fingerprint density at radius 2 is 2.00 bits per heavy atom. The van der Waals surface area contributed by atoms with Gasteiger partial charge in [-0.1, -0.05) is 17.4 Å². The van der Waals surface area contributed by atoms with E-state index in [0.29, 0.717) is 36.0 Å². The van der Waals surface area contributed by atoms with Crippen molar-refractivity contribution in [1.29, 1.82) is 0 Å². The van der Waals surface area contributed by atoms with Crippen molar-refractivity contribution in [2.45, 2.75) is 4.90 Å². The van der Waals surface area contributed by atoms with Crippen LogP contribution in [-0.4, -0.2) is 61.4 Å². The Labute approximate surface area is 177 Å². The quantitative estimate of drug-likeness (QED) is 0.549. The van der Waals surface area contributed by atoms with Crippen molar-refractivity contribution in [3.63, 3.8) is 0 Å². The number of rotatable bonds is 6. The summed E-state index contributed by atoms with van der Waals surface area (Å²) in [4.78, 5) is 22.8. The van der Waals surface area contributed by atoms with Gasteiger partial charge in [-0.3, -0.25) is 14.6 Å². The molecule has 5 nitrogen and oxygen atoms in total. The Hall–Kier alpha value is -2.00. The van der Waals surface area contributed by atoms with Crippen LogP contribution in [0.5, 0.6) is 0 Å².